The molecule has 0 saturated carbocycles. The van der Waals surface area contributed by atoms with Crippen molar-refractivity contribution < 1.29 is 18.4 Å². The van der Waals surface area contributed by atoms with E-state index in [2.05, 4.69) is 13.2 Å². The van der Waals surface area contributed by atoms with Crippen LogP contribution in [0.2, 0.25) is 0 Å². The first-order chi connectivity index (χ1) is 12.2. The molecule has 0 saturated heterocycles. The quantitative estimate of drug-likeness (QED) is 0.462. The maximum absolute atomic E-state index is 14.2. The van der Waals surface area contributed by atoms with Crippen LogP contribution in [0.1, 0.15) is 13.8 Å². The van der Waals surface area contributed by atoms with E-state index >= 15 is 0 Å². The van der Waals surface area contributed by atoms with Crippen molar-refractivity contribution in [1.29, 1.82) is 0 Å². The first-order valence-corrected chi connectivity index (χ1v) is 9.17. The van der Waals surface area contributed by atoms with Crippen LogP contribution in [0.15, 0.2) is 70.5 Å². The zero-order valence-electron chi connectivity index (χ0n) is 14.3. The Morgan fingerprint density at radius 3 is 1.38 bits per heavy atom. The van der Waals surface area contributed by atoms with Crippen molar-refractivity contribution in [3.63, 3.8) is 0 Å². The number of benzene rings is 2. The second-order valence-corrected chi connectivity index (χ2v) is 7.66. The molecule has 0 heterocycles. The lowest BCUT2D eigenvalue weighted by Gasteiger charge is -2.08. The van der Waals surface area contributed by atoms with Crippen LogP contribution in [0.25, 0.3) is 11.1 Å². The van der Waals surface area contributed by atoms with Gasteiger partial charge in [0, 0.05) is 0 Å². The fraction of sp³-hybridized carbons (Fsp3) is 0.100. The van der Waals surface area contributed by atoms with Crippen molar-refractivity contribution >= 4 is 33.8 Å². The molecule has 0 aliphatic rings. The van der Waals surface area contributed by atoms with Crippen LogP contribution in [0, 0.1) is 11.6 Å². The highest BCUT2D eigenvalue weighted by Crippen LogP contribution is 2.32. The summed E-state index contributed by atoms with van der Waals surface area (Å²) in [5.41, 5.74) is 1.60. The van der Waals surface area contributed by atoms with Gasteiger partial charge in [0.2, 0.25) is 10.2 Å². The largest absolute Gasteiger partial charge is 0.282 e. The molecule has 0 bridgehead atoms. The molecule has 0 amide bonds. The Bertz CT molecular complexity index is 845. The highest BCUT2D eigenvalue weighted by atomic mass is 32.2. The fourth-order valence-electron chi connectivity index (χ4n) is 1.90. The van der Waals surface area contributed by atoms with Gasteiger partial charge in [0.15, 0.2) is 0 Å². The number of halogens is 2. The number of carbonyl (C=O) groups is 2. The molecule has 0 aromatic heterocycles. The second-order valence-electron chi connectivity index (χ2n) is 5.63. The van der Waals surface area contributed by atoms with Gasteiger partial charge >= 0.3 is 0 Å². The molecule has 0 spiro atoms. The third-order valence-corrected chi connectivity index (χ3v) is 5.47. The van der Waals surface area contributed by atoms with Gasteiger partial charge in [-0.1, -0.05) is 25.3 Å². The molecule has 0 fully saturated rings. The minimum absolute atomic E-state index is 0.182. The van der Waals surface area contributed by atoms with Gasteiger partial charge in [-0.2, -0.15) is 0 Å². The zero-order chi connectivity index (χ0) is 19.4. The number of hydrogen-bond donors (Lipinski definition) is 0. The van der Waals surface area contributed by atoms with E-state index in [0.717, 1.165) is 23.5 Å². The summed E-state index contributed by atoms with van der Waals surface area (Å²) in [5.74, 6) is -1.14. The molecule has 26 heavy (non-hydrogen) atoms. The topological polar surface area (TPSA) is 34.1 Å². The summed E-state index contributed by atoms with van der Waals surface area (Å²) in [5, 5.41) is -0.627. The smallest absolute Gasteiger partial charge is 0.219 e. The monoisotopic (exact) mass is 390 g/mol. The van der Waals surface area contributed by atoms with E-state index in [-0.39, 0.29) is 20.0 Å². The molecule has 134 valence electrons. The highest BCUT2D eigenvalue weighted by molar-refractivity contribution is 8.14. The Kier molecular flexibility index (Phi) is 6.56. The molecule has 0 radical (unpaired) electrons. The molecule has 2 nitrogen and oxygen atoms in total. The molecule has 0 atom stereocenters. The van der Waals surface area contributed by atoms with Gasteiger partial charge in [0.25, 0.3) is 0 Å². The Morgan fingerprint density at radius 2 is 1.12 bits per heavy atom. The minimum atomic E-state index is -0.571. The van der Waals surface area contributed by atoms with Gasteiger partial charge < -0.3 is 0 Å². The molecule has 6 heteroatoms. The predicted molar refractivity (Wildman–Crippen MR) is 103 cm³/mol. The van der Waals surface area contributed by atoms with E-state index in [0.29, 0.717) is 22.3 Å². The molecule has 0 aliphatic heterocycles. The van der Waals surface area contributed by atoms with Gasteiger partial charge in [0.05, 0.1) is 9.79 Å². The molecule has 2 aromatic rings. The molecular formula is C20H16F2O2S2. The molecule has 0 aliphatic carbocycles. The third kappa shape index (κ3) is 4.93. The average molecular weight is 390 g/mol. The van der Waals surface area contributed by atoms with Crippen LogP contribution in [0.5, 0.6) is 0 Å². The Hall–Kier alpha value is -2.18. The second kappa shape index (κ2) is 8.47. The first-order valence-electron chi connectivity index (χ1n) is 7.54. The summed E-state index contributed by atoms with van der Waals surface area (Å²) in [6.45, 7) is 10.2. The van der Waals surface area contributed by atoms with E-state index in [1.54, 1.807) is 26.0 Å². The number of hydrogen-bond acceptors (Lipinski definition) is 4. The SMILES string of the molecule is C=C(C)C(=O)Sc1ccc(-c2ccc(SC(=O)C(=C)C)c(F)c2)cc1F. The molecule has 0 unspecified atom stereocenters. The lowest BCUT2D eigenvalue weighted by molar-refractivity contribution is -0.108. The van der Waals surface area contributed by atoms with Crippen LogP contribution in [-0.4, -0.2) is 10.2 Å². The zero-order valence-corrected chi connectivity index (χ0v) is 15.9. The molecular weight excluding hydrogens is 374 g/mol. The van der Waals surface area contributed by atoms with Crippen LogP contribution < -0.4 is 0 Å². The Morgan fingerprint density at radius 1 is 0.769 bits per heavy atom. The number of carbonyl (C=O) groups excluding carboxylic acids is 2. The van der Waals surface area contributed by atoms with Gasteiger partial charge in [-0.05, 0) is 83.9 Å². The molecule has 0 N–H and O–H groups in total. The summed E-state index contributed by atoms with van der Waals surface area (Å²) in [6.07, 6.45) is 0. The van der Waals surface area contributed by atoms with E-state index in [4.69, 9.17) is 0 Å². The maximum Gasteiger partial charge on any atom is 0.219 e. The first kappa shape index (κ1) is 20.1. The van der Waals surface area contributed by atoms with E-state index in [9.17, 15) is 18.4 Å². The standard InChI is InChI=1S/C20H16F2O2S2/c1-11(2)19(23)25-17-7-5-13(9-15(17)21)14-6-8-18(16(22)10-14)26-20(24)12(3)4/h5-10H,1,3H2,2,4H3. The summed E-state index contributed by atoms with van der Waals surface area (Å²) in [4.78, 5) is 23.7. The van der Waals surface area contributed by atoms with Crippen LogP contribution in [-0.2, 0) is 9.59 Å². The van der Waals surface area contributed by atoms with Gasteiger partial charge in [-0.15, -0.1) is 0 Å². The lowest BCUT2D eigenvalue weighted by atomic mass is 10.1. The average Bonchev–Trinajstić information content (AvgIpc) is 2.58. The Labute approximate surface area is 159 Å². The number of thioether (sulfide) groups is 2. The number of rotatable bonds is 5. The van der Waals surface area contributed by atoms with Crippen molar-refractivity contribution in [2.24, 2.45) is 0 Å². The van der Waals surface area contributed by atoms with Crippen molar-refractivity contribution in [2.75, 3.05) is 0 Å². The molecule has 2 aromatic carbocycles. The van der Waals surface area contributed by atoms with Crippen LogP contribution in [0.4, 0.5) is 8.78 Å². The van der Waals surface area contributed by atoms with Crippen LogP contribution in [0.3, 0.4) is 0 Å². The maximum atomic E-state index is 14.2. The predicted octanol–water partition coefficient (Wildman–Crippen LogP) is 6.02. The van der Waals surface area contributed by atoms with Crippen molar-refractivity contribution in [2.45, 2.75) is 23.6 Å². The van der Waals surface area contributed by atoms with Crippen molar-refractivity contribution in [1.82, 2.24) is 0 Å². The van der Waals surface area contributed by atoms with Crippen molar-refractivity contribution in [3.05, 3.63) is 72.3 Å². The Balaban J connectivity index is 2.26. The summed E-state index contributed by atoms with van der Waals surface area (Å²) in [7, 11) is 0. The summed E-state index contributed by atoms with van der Waals surface area (Å²) < 4.78 is 28.5. The van der Waals surface area contributed by atoms with Gasteiger partial charge in [-0.25, -0.2) is 8.78 Å². The van der Waals surface area contributed by atoms with Gasteiger partial charge in [-0.3, -0.25) is 9.59 Å². The van der Waals surface area contributed by atoms with E-state index in [1.165, 1.54) is 24.3 Å². The van der Waals surface area contributed by atoms with E-state index in [1.807, 2.05) is 0 Å². The highest BCUT2D eigenvalue weighted by Gasteiger charge is 2.14. The summed E-state index contributed by atoms with van der Waals surface area (Å²) >= 11 is 1.52. The van der Waals surface area contributed by atoms with E-state index < -0.39 is 11.6 Å². The third-order valence-electron chi connectivity index (χ3n) is 3.30. The summed E-state index contributed by atoms with van der Waals surface area (Å²) in [6, 6.07) is 8.65. The van der Waals surface area contributed by atoms with Crippen molar-refractivity contribution in [3.8, 4) is 11.1 Å². The fourth-order valence-corrected chi connectivity index (χ4v) is 3.23. The normalized spacial score (nSPS) is 10.5. The lowest BCUT2D eigenvalue weighted by Crippen LogP contribution is -1.94. The minimum Gasteiger partial charge on any atom is -0.282 e. The molecule has 2 rings (SSSR count). The van der Waals surface area contributed by atoms with Crippen LogP contribution >= 0.6 is 23.5 Å². The van der Waals surface area contributed by atoms with Gasteiger partial charge in [0.1, 0.15) is 11.6 Å².